The van der Waals surface area contributed by atoms with Gasteiger partial charge in [-0.3, -0.25) is 4.79 Å². The van der Waals surface area contributed by atoms with Gasteiger partial charge in [-0.05, 0) is 19.1 Å². The molecule has 0 bridgehead atoms. The van der Waals surface area contributed by atoms with E-state index >= 15 is 0 Å². The lowest BCUT2D eigenvalue weighted by molar-refractivity contribution is -0.140. The average molecular weight is 269 g/mol. The third-order valence-electron chi connectivity index (χ3n) is 3.22. The van der Waals surface area contributed by atoms with Gasteiger partial charge in [0.05, 0.1) is 16.1 Å². The molecule has 1 aromatic carbocycles. The summed E-state index contributed by atoms with van der Waals surface area (Å²) in [5.41, 5.74) is 0.966. The predicted molar refractivity (Wildman–Crippen MR) is 66.1 cm³/mol. The standard InChI is InChI=1S/C12H15NO4S/c1-8-2-4-9(5-3-8)18(16,17)11-7-13-6-10(11)12(14)15/h2-5,10-11,13H,6-7H2,1H3,(H,14,15)/t10-,11+/m0/s1. The molecule has 0 aliphatic carbocycles. The smallest absolute Gasteiger partial charge is 0.309 e. The van der Waals surface area contributed by atoms with Crippen molar-refractivity contribution in [1.29, 1.82) is 0 Å². The van der Waals surface area contributed by atoms with Gasteiger partial charge in [0.15, 0.2) is 9.84 Å². The Balaban J connectivity index is 2.36. The molecule has 0 spiro atoms. The summed E-state index contributed by atoms with van der Waals surface area (Å²) >= 11 is 0. The number of sulfone groups is 1. The van der Waals surface area contributed by atoms with E-state index in [1.807, 2.05) is 6.92 Å². The van der Waals surface area contributed by atoms with Gasteiger partial charge in [-0.2, -0.15) is 0 Å². The van der Waals surface area contributed by atoms with Crippen LogP contribution in [0.4, 0.5) is 0 Å². The number of carboxylic acids is 1. The minimum absolute atomic E-state index is 0.188. The van der Waals surface area contributed by atoms with E-state index in [9.17, 15) is 13.2 Å². The molecule has 0 amide bonds. The van der Waals surface area contributed by atoms with Crippen LogP contribution in [0, 0.1) is 12.8 Å². The van der Waals surface area contributed by atoms with Crippen molar-refractivity contribution in [1.82, 2.24) is 5.32 Å². The maximum atomic E-state index is 12.4. The maximum Gasteiger partial charge on any atom is 0.309 e. The topological polar surface area (TPSA) is 83.5 Å². The maximum absolute atomic E-state index is 12.4. The zero-order chi connectivity index (χ0) is 13.3. The van der Waals surface area contributed by atoms with Gasteiger partial charge < -0.3 is 10.4 Å². The number of aryl methyl sites for hydroxylation is 1. The predicted octanol–water partition coefficient (Wildman–Crippen LogP) is 0.441. The monoisotopic (exact) mass is 269 g/mol. The Morgan fingerprint density at radius 2 is 1.89 bits per heavy atom. The first-order chi connectivity index (χ1) is 8.43. The molecule has 0 aromatic heterocycles. The molecular weight excluding hydrogens is 254 g/mol. The van der Waals surface area contributed by atoms with Crippen LogP contribution in [0.2, 0.25) is 0 Å². The molecule has 98 valence electrons. The zero-order valence-corrected chi connectivity index (χ0v) is 10.8. The van der Waals surface area contributed by atoms with Gasteiger partial charge in [0.1, 0.15) is 0 Å². The molecule has 2 N–H and O–H groups in total. The summed E-state index contributed by atoms with van der Waals surface area (Å²) in [6.07, 6.45) is 0. The molecule has 2 rings (SSSR count). The van der Waals surface area contributed by atoms with Crippen LogP contribution < -0.4 is 5.32 Å². The molecule has 5 nitrogen and oxygen atoms in total. The first kappa shape index (κ1) is 13.0. The van der Waals surface area contributed by atoms with Crippen LogP contribution in [0.15, 0.2) is 29.2 Å². The Labute approximate surface area is 106 Å². The van der Waals surface area contributed by atoms with E-state index < -0.39 is 27.0 Å². The van der Waals surface area contributed by atoms with Crippen molar-refractivity contribution in [2.75, 3.05) is 13.1 Å². The van der Waals surface area contributed by atoms with E-state index in [0.717, 1.165) is 5.56 Å². The molecule has 2 atom stereocenters. The molecule has 1 fully saturated rings. The molecule has 1 aromatic rings. The SMILES string of the molecule is Cc1ccc(S(=O)(=O)[C@@H]2CNC[C@@H]2C(=O)O)cc1. The van der Waals surface area contributed by atoms with E-state index in [4.69, 9.17) is 5.11 Å². The van der Waals surface area contributed by atoms with Crippen LogP contribution in [0.3, 0.4) is 0 Å². The van der Waals surface area contributed by atoms with Crippen molar-refractivity contribution in [3.8, 4) is 0 Å². The fraction of sp³-hybridized carbons (Fsp3) is 0.417. The molecule has 6 heteroatoms. The van der Waals surface area contributed by atoms with Gasteiger partial charge in [-0.25, -0.2) is 8.42 Å². The third kappa shape index (κ3) is 2.26. The highest BCUT2D eigenvalue weighted by atomic mass is 32.2. The summed E-state index contributed by atoms with van der Waals surface area (Å²) in [6.45, 7) is 2.26. The molecule has 18 heavy (non-hydrogen) atoms. The van der Waals surface area contributed by atoms with Crippen LogP contribution in [0.5, 0.6) is 0 Å². The van der Waals surface area contributed by atoms with E-state index in [0.29, 0.717) is 0 Å². The largest absolute Gasteiger partial charge is 0.481 e. The fourth-order valence-corrected chi connectivity index (χ4v) is 3.98. The Kier molecular flexibility index (Phi) is 3.41. The molecule has 0 saturated carbocycles. The third-order valence-corrected chi connectivity index (χ3v) is 5.45. The number of nitrogens with one attached hydrogen (secondary N) is 1. The van der Waals surface area contributed by atoms with Gasteiger partial charge in [0, 0.05) is 13.1 Å². The van der Waals surface area contributed by atoms with Crippen molar-refractivity contribution < 1.29 is 18.3 Å². The quantitative estimate of drug-likeness (QED) is 0.832. The Bertz CT molecular complexity index is 550. The van der Waals surface area contributed by atoms with Crippen LogP contribution in [-0.2, 0) is 14.6 Å². The minimum Gasteiger partial charge on any atom is -0.481 e. The number of rotatable bonds is 3. The van der Waals surface area contributed by atoms with E-state index in [1.54, 1.807) is 12.1 Å². The number of aliphatic carboxylic acids is 1. The summed E-state index contributed by atoms with van der Waals surface area (Å²) in [4.78, 5) is 11.2. The Hall–Kier alpha value is -1.40. The van der Waals surface area contributed by atoms with Crippen molar-refractivity contribution in [3.05, 3.63) is 29.8 Å². The van der Waals surface area contributed by atoms with Crippen LogP contribution in [0.1, 0.15) is 5.56 Å². The second-order valence-electron chi connectivity index (χ2n) is 4.50. The second-order valence-corrected chi connectivity index (χ2v) is 6.67. The van der Waals surface area contributed by atoms with E-state index in [-0.39, 0.29) is 18.0 Å². The lowest BCUT2D eigenvalue weighted by Crippen LogP contribution is -2.33. The zero-order valence-electron chi connectivity index (χ0n) is 9.96. The van der Waals surface area contributed by atoms with Gasteiger partial charge in [0.2, 0.25) is 0 Å². The van der Waals surface area contributed by atoms with Crippen molar-refractivity contribution in [2.45, 2.75) is 17.1 Å². The lowest BCUT2D eigenvalue weighted by atomic mass is 10.1. The van der Waals surface area contributed by atoms with Crippen LogP contribution >= 0.6 is 0 Å². The second kappa shape index (κ2) is 4.70. The minimum atomic E-state index is -3.59. The summed E-state index contributed by atoms with van der Waals surface area (Å²) in [7, 11) is -3.59. The summed E-state index contributed by atoms with van der Waals surface area (Å²) in [5.74, 6) is -1.95. The first-order valence-corrected chi connectivity index (χ1v) is 7.21. The van der Waals surface area contributed by atoms with Crippen molar-refractivity contribution in [3.63, 3.8) is 0 Å². The number of hydrogen-bond acceptors (Lipinski definition) is 4. The van der Waals surface area contributed by atoms with E-state index in [2.05, 4.69) is 5.32 Å². The number of carboxylic acid groups (broad SMARTS) is 1. The first-order valence-electron chi connectivity index (χ1n) is 5.67. The molecule has 0 radical (unpaired) electrons. The van der Waals surface area contributed by atoms with Crippen LogP contribution in [0.25, 0.3) is 0 Å². The normalized spacial score (nSPS) is 24.1. The lowest BCUT2D eigenvalue weighted by Gasteiger charge is -2.15. The number of hydrogen-bond donors (Lipinski definition) is 2. The molecule has 1 saturated heterocycles. The van der Waals surface area contributed by atoms with Crippen molar-refractivity contribution in [2.24, 2.45) is 5.92 Å². The molecule has 1 aliphatic rings. The number of carbonyl (C=O) groups is 1. The highest BCUT2D eigenvalue weighted by Crippen LogP contribution is 2.24. The molecular formula is C12H15NO4S. The fourth-order valence-electron chi connectivity index (χ4n) is 2.13. The summed E-state index contributed by atoms with van der Waals surface area (Å²) in [5, 5.41) is 11.0. The Morgan fingerprint density at radius 3 is 2.44 bits per heavy atom. The van der Waals surface area contributed by atoms with Gasteiger partial charge in [-0.1, -0.05) is 17.7 Å². The van der Waals surface area contributed by atoms with E-state index in [1.165, 1.54) is 12.1 Å². The highest BCUT2D eigenvalue weighted by Gasteiger charge is 2.42. The molecule has 0 unspecified atom stereocenters. The molecule has 1 heterocycles. The summed E-state index contributed by atoms with van der Waals surface area (Å²) in [6, 6.07) is 6.49. The van der Waals surface area contributed by atoms with Gasteiger partial charge >= 0.3 is 5.97 Å². The van der Waals surface area contributed by atoms with Gasteiger partial charge in [-0.15, -0.1) is 0 Å². The highest BCUT2D eigenvalue weighted by molar-refractivity contribution is 7.92. The number of benzene rings is 1. The summed E-state index contributed by atoms with van der Waals surface area (Å²) < 4.78 is 24.7. The van der Waals surface area contributed by atoms with Gasteiger partial charge in [0.25, 0.3) is 0 Å². The van der Waals surface area contributed by atoms with Crippen LogP contribution in [-0.4, -0.2) is 37.8 Å². The molecule has 1 aliphatic heterocycles. The Morgan fingerprint density at radius 1 is 1.28 bits per heavy atom. The van der Waals surface area contributed by atoms with Crippen molar-refractivity contribution >= 4 is 15.8 Å². The average Bonchev–Trinajstić information content (AvgIpc) is 2.79.